The number of methoxy groups -OCH3 is 1. The minimum absolute atomic E-state index is 0.0202. The molecule has 3 rings (SSSR count). The monoisotopic (exact) mass is 400 g/mol. The van der Waals surface area contributed by atoms with E-state index in [1.807, 2.05) is 24.3 Å². The minimum Gasteiger partial charge on any atom is -0.497 e. The van der Waals surface area contributed by atoms with Crippen molar-refractivity contribution >= 4 is 38.9 Å². The molecule has 0 unspecified atom stereocenters. The van der Waals surface area contributed by atoms with Crippen LogP contribution in [0.2, 0.25) is 10.0 Å². The van der Waals surface area contributed by atoms with Gasteiger partial charge in [0.25, 0.3) is 0 Å². The zero-order chi connectivity index (χ0) is 18.0. The Bertz CT molecular complexity index is 846. The molecule has 0 radical (unpaired) electrons. The molecule has 1 saturated heterocycles. The van der Waals surface area contributed by atoms with E-state index in [0.29, 0.717) is 26.2 Å². The number of piperazine rings is 1. The van der Waals surface area contributed by atoms with E-state index < -0.39 is 10.0 Å². The summed E-state index contributed by atoms with van der Waals surface area (Å²) in [7, 11) is -2.10. The number of benzene rings is 2. The van der Waals surface area contributed by atoms with Gasteiger partial charge in [-0.25, -0.2) is 8.42 Å². The highest BCUT2D eigenvalue weighted by atomic mass is 35.5. The van der Waals surface area contributed by atoms with Crippen LogP contribution in [0.25, 0.3) is 0 Å². The Morgan fingerprint density at radius 1 is 0.960 bits per heavy atom. The number of nitrogens with zero attached hydrogens (tertiary/aromatic N) is 2. The Morgan fingerprint density at radius 3 is 2.16 bits per heavy atom. The maximum atomic E-state index is 12.9. The number of anilines is 1. The number of halogens is 2. The molecular weight excluding hydrogens is 383 g/mol. The molecule has 0 bridgehead atoms. The summed E-state index contributed by atoms with van der Waals surface area (Å²) in [6, 6.07) is 12.4. The number of ether oxygens (including phenoxy) is 1. The first-order valence-electron chi connectivity index (χ1n) is 7.76. The molecule has 0 aliphatic carbocycles. The van der Waals surface area contributed by atoms with E-state index in [4.69, 9.17) is 27.9 Å². The lowest BCUT2D eigenvalue weighted by atomic mass is 10.2. The van der Waals surface area contributed by atoms with Crippen molar-refractivity contribution in [3.63, 3.8) is 0 Å². The first-order valence-corrected chi connectivity index (χ1v) is 9.96. The summed E-state index contributed by atoms with van der Waals surface area (Å²) >= 11 is 12.2. The van der Waals surface area contributed by atoms with Crippen LogP contribution in [0, 0.1) is 0 Å². The summed E-state index contributed by atoms with van der Waals surface area (Å²) in [6.07, 6.45) is 0. The molecule has 2 aromatic carbocycles. The number of sulfonamides is 1. The number of rotatable bonds is 4. The highest BCUT2D eigenvalue weighted by Crippen LogP contribution is 2.32. The van der Waals surface area contributed by atoms with Crippen molar-refractivity contribution < 1.29 is 13.2 Å². The van der Waals surface area contributed by atoms with Crippen LogP contribution in [-0.2, 0) is 10.0 Å². The summed E-state index contributed by atoms with van der Waals surface area (Å²) in [5, 5.41) is 0.283. The molecule has 0 N–H and O–H groups in total. The van der Waals surface area contributed by atoms with Gasteiger partial charge in [-0.05, 0) is 24.3 Å². The molecule has 1 aliphatic heterocycles. The third-order valence-electron chi connectivity index (χ3n) is 4.17. The maximum Gasteiger partial charge on any atom is 0.246 e. The number of hydrogen-bond acceptors (Lipinski definition) is 4. The third kappa shape index (κ3) is 3.72. The van der Waals surface area contributed by atoms with E-state index in [1.54, 1.807) is 13.2 Å². The largest absolute Gasteiger partial charge is 0.497 e. The van der Waals surface area contributed by atoms with Crippen molar-refractivity contribution in [3.8, 4) is 5.75 Å². The molecular formula is C17H18Cl2N2O3S. The molecule has 8 heteroatoms. The normalized spacial score (nSPS) is 16.0. The standard InChI is InChI=1S/C17H18Cl2N2O3S/c1-24-14-5-2-4-13(12-14)20-8-10-21(11-9-20)25(22,23)17-15(18)6-3-7-16(17)19/h2-7,12H,8-11H2,1H3. The van der Waals surface area contributed by atoms with Gasteiger partial charge in [0.2, 0.25) is 10.0 Å². The fourth-order valence-electron chi connectivity index (χ4n) is 2.85. The van der Waals surface area contributed by atoms with Gasteiger partial charge in [0.05, 0.1) is 17.2 Å². The van der Waals surface area contributed by atoms with E-state index in [9.17, 15) is 8.42 Å². The topological polar surface area (TPSA) is 49.9 Å². The highest BCUT2D eigenvalue weighted by molar-refractivity contribution is 7.89. The van der Waals surface area contributed by atoms with Crippen LogP contribution in [0.15, 0.2) is 47.4 Å². The molecule has 1 heterocycles. The van der Waals surface area contributed by atoms with Crippen LogP contribution in [-0.4, -0.2) is 46.0 Å². The summed E-state index contributed by atoms with van der Waals surface area (Å²) in [5.41, 5.74) is 1.01. The predicted molar refractivity (Wildman–Crippen MR) is 100 cm³/mol. The fraction of sp³-hybridized carbons (Fsp3) is 0.294. The van der Waals surface area contributed by atoms with Crippen molar-refractivity contribution in [2.75, 3.05) is 38.2 Å². The van der Waals surface area contributed by atoms with Gasteiger partial charge in [0.15, 0.2) is 0 Å². The average Bonchev–Trinajstić information content (AvgIpc) is 2.61. The molecule has 0 amide bonds. The van der Waals surface area contributed by atoms with Gasteiger partial charge >= 0.3 is 0 Å². The first kappa shape index (κ1) is 18.3. The summed E-state index contributed by atoms with van der Waals surface area (Å²) in [4.78, 5) is 2.11. The average molecular weight is 401 g/mol. The zero-order valence-electron chi connectivity index (χ0n) is 13.7. The van der Waals surface area contributed by atoms with Crippen LogP contribution in [0.4, 0.5) is 5.69 Å². The van der Waals surface area contributed by atoms with Gasteiger partial charge in [-0.15, -0.1) is 0 Å². The van der Waals surface area contributed by atoms with Gasteiger partial charge in [-0.1, -0.05) is 35.3 Å². The predicted octanol–water partition coefficient (Wildman–Crippen LogP) is 3.51. The van der Waals surface area contributed by atoms with Gasteiger partial charge in [-0.3, -0.25) is 0 Å². The maximum absolute atomic E-state index is 12.9. The van der Waals surface area contributed by atoms with Gasteiger partial charge in [0, 0.05) is 37.9 Å². The molecule has 0 spiro atoms. The van der Waals surface area contributed by atoms with Crippen LogP contribution in [0.5, 0.6) is 5.75 Å². The molecule has 1 aliphatic rings. The Labute approximate surface area is 157 Å². The highest BCUT2D eigenvalue weighted by Gasteiger charge is 2.31. The summed E-state index contributed by atoms with van der Waals surface area (Å²) in [6.45, 7) is 1.88. The van der Waals surface area contributed by atoms with E-state index in [0.717, 1.165) is 11.4 Å². The summed E-state index contributed by atoms with van der Waals surface area (Å²) < 4.78 is 32.5. The Kier molecular flexibility index (Phi) is 5.43. The van der Waals surface area contributed by atoms with E-state index in [2.05, 4.69) is 4.90 Å². The van der Waals surface area contributed by atoms with Crippen LogP contribution >= 0.6 is 23.2 Å². The van der Waals surface area contributed by atoms with Crippen LogP contribution in [0.3, 0.4) is 0 Å². The first-order chi connectivity index (χ1) is 11.9. The van der Waals surface area contributed by atoms with Crippen LogP contribution < -0.4 is 9.64 Å². The zero-order valence-corrected chi connectivity index (χ0v) is 16.0. The lowest BCUT2D eigenvalue weighted by Crippen LogP contribution is -2.48. The second-order valence-corrected chi connectivity index (χ2v) is 8.33. The molecule has 0 saturated carbocycles. The lowest BCUT2D eigenvalue weighted by molar-refractivity contribution is 0.384. The smallest absolute Gasteiger partial charge is 0.246 e. The number of hydrogen-bond donors (Lipinski definition) is 0. The van der Waals surface area contributed by atoms with Crippen molar-refractivity contribution in [2.45, 2.75) is 4.90 Å². The fourth-order valence-corrected chi connectivity index (χ4v) is 5.37. The second kappa shape index (κ2) is 7.41. The van der Waals surface area contributed by atoms with E-state index >= 15 is 0 Å². The molecule has 2 aromatic rings. The van der Waals surface area contributed by atoms with Crippen LogP contribution in [0.1, 0.15) is 0 Å². The Balaban J connectivity index is 1.77. The summed E-state index contributed by atoms with van der Waals surface area (Å²) in [5.74, 6) is 0.774. The lowest BCUT2D eigenvalue weighted by Gasteiger charge is -2.35. The van der Waals surface area contributed by atoms with Crippen molar-refractivity contribution in [1.82, 2.24) is 4.31 Å². The van der Waals surface area contributed by atoms with Crippen molar-refractivity contribution in [3.05, 3.63) is 52.5 Å². The molecule has 0 atom stereocenters. The quantitative estimate of drug-likeness (QED) is 0.787. The molecule has 1 fully saturated rings. The second-order valence-electron chi connectivity index (χ2n) is 5.64. The Hall–Kier alpha value is -1.47. The molecule has 0 aromatic heterocycles. The third-order valence-corrected chi connectivity index (χ3v) is 7.03. The van der Waals surface area contributed by atoms with Gasteiger partial charge in [0.1, 0.15) is 10.6 Å². The molecule has 25 heavy (non-hydrogen) atoms. The Morgan fingerprint density at radius 2 is 1.56 bits per heavy atom. The van der Waals surface area contributed by atoms with Crippen molar-refractivity contribution in [2.24, 2.45) is 0 Å². The van der Waals surface area contributed by atoms with Crippen molar-refractivity contribution in [1.29, 1.82) is 0 Å². The van der Waals surface area contributed by atoms with Gasteiger partial charge < -0.3 is 9.64 Å². The minimum atomic E-state index is -3.72. The molecule has 5 nitrogen and oxygen atoms in total. The van der Waals surface area contributed by atoms with E-state index in [-0.39, 0.29) is 14.9 Å². The van der Waals surface area contributed by atoms with E-state index in [1.165, 1.54) is 16.4 Å². The van der Waals surface area contributed by atoms with Gasteiger partial charge in [-0.2, -0.15) is 4.31 Å². The molecule has 134 valence electrons. The SMILES string of the molecule is COc1cccc(N2CCN(S(=O)(=O)c3c(Cl)cccc3Cl)CC2)c1.